The molecule has 0 unspecified atom stereocenters. The van der Waals surface area contributed by atoms with Gasteiger partial charge in [0.25, 0.3) is 5.56 Å². The second kappa shape index (κ2) is 6.13. The maximum atomic E-state index is 12.7. The van der Waals surface area contributed by atoms with Crippen LogP contribution in [0.15, 0.2) is 53.3 Å². The zero-order valence-corrected chi connectivity index (χ0v) is 12.8. The molecule has 0 aliphatic rings. The van der Waals surface area contributed by atoms with Gasteiger partial charge in [-0.2, -0.15) is 13.2 Å². The van der Waals surface area contributed by atoms with Crippen molar-refractivity contribution < 1.29 is 13.2 Å². The highest BCUT2D eigenvalue weighted by molar-refractivity contribution is 6.50. The third-order valence-corrected chi connectivity index (χ3v) is 3.63. The number of halogens is 4. The molecule has 122 valence electrons. The largest absolute Gasteiger partial charge is 0.416 e. The molecule has 2 aromatic carbocycles. The van der Waals surface area contributed by atoms with Gasteiger partial charge in [0, 0.05) is 0 Å². The van der Waals surface area contributed by atoms with E-state index in [4.69, 9.17) is 11.6 Å². The number of fused-ring (bicyclic) bond motifs is 1. The van der Waals surface area contributed by atoms with Crippen molar-refractivity contribution in [1.29, 1.82) is 0 Å². The summed E-state index contributed by atoms with van der Waals surface area (Å²) < 4.78 is 38.2. The number of hydrogen-bond donors (Lipinski definition) is 1. The van der Waals surface area contributed by atoms with Crippen LogP contribution in [-0.4, -0.2) is 9.97 Å². The van der Waals surface area contributed by atoms with E-state index < -0.39 is 11.7 Å². The summed E-state index contributed by atoms with van der Waals surface area (Å²) in [5.41, 5.74) is -0.440. The minimum atomic E-state index is -4.44. The molecule has 1 aromatic heterocycles. The SMILES string of the molecule is O=c1[nH]c(/C(Cl)=C/c2cccc(C(F)(F)F)c2)nc2ccccc12. The Bertz CT molecular complexity index is 993. The zero-order chi connectivity index (χ0) is 17.3. The molecule has 3 rings (SSSR count). The predicted octanol–water partition coefficient (Wildman–Crippen LogP) is 4.68. The fraction of sp³-hybridized carbons (Fsp3) is 0.0588. The van der Waals surface area contributed by atoms with E-state index in [-0.39, 0.29) is 22.0 Å². The zero-order valence-electron chi connectivity index (χ0n) is 12.1. The molecule has 0 fully saturated rings. The summed E-state index contributed by atoms with van der Waals surface area (Å²) in [5.74, 6) is 0.0952. The van der Waals surface area contributed by atoms with Gasteiger partial charge in [-0.15, -0.1) is 0 Å². The average Bonchev–Trinajstić information content (AvgIpc) is 2.54. The Balaban J connectivity index is 2.04. The summed E-state index contributed by atoms with van der Waals surface area (Å²) in [4.78, 5) is 18.8. The van der Waals surface area contributed by atoms with Crippen LogP contribution in [0.4, 0.5) is 13.2 Å². The molecule has 24 heavy (non-hydrogen) atoms. The summed E-state index contributed by atoms with van der Waals surface area (Å²) in [6.45, 7) is 0. The van der Waals surface area contributed by atoms with E-state index in [0.29, 0.717) is 10.9 Å². The first-order chi connectivity index (χ1) is 11.3. The number of nitrogens with zero attached hydrogens (tertiary/aromatic N) is 1. The van der Waals surface area contributed by atoms with Gasteiger partial charge >= 0.3 is 6.18 Å². The molecule has 0 saturated carbocycles. The first kappa shape index (κ1) is 16.3. The number of H-pyrrole nitrogens is 1. The number of rotatable bonds is 2. The third kappa shape index (κ3) is 3.33. The van der Waals surface area contributed by atoms with Crippen LogP contribution in [-0.2, 0) is 6.18 Å². The molecule has 0 bridgehead atoms. The lowest BCUT2D eigenvalue weighted by molar-refractivity contribution is -0.137. The van der Waals surface area contributed by atoms with Crippen LogP contribution in [0.5, 0.6) is 0 Å². The highest BCUT2D eigenvalue weighted by Gasteiger charge is 2.30. The van der Waals surface area contributed by atoms with E-state index >= 15 is 0 Å². The van der Waals surface area contributed by atoms with Gasteiger partial charge in [-0.1, -0.05) is 35.9 Å². The van der Waals surface area contributed by atoms with Crippen LogP contribution < -0.4 is 5.56 Å². The molecule has 3 nitrogen and oxygen atoms in total. The topological polar surface area (TPSA) is 45.8 Å². The fourth-order valence-corrected chi connectivity index (χ4v) is 2.43. The van der Waals surface area contributed by atoms with Gasteiger partial charge in [-0.3, -0.25) is 4.79 Å². The van der Waals surface area contributed by atoms with Gasteiger partial charge in [-0.25, -0.2) is 4.98 Å². The molecule has 0 radical (unpaired) electrons. The molecule has 3 aromatic rings. The minimum absolute atomic E-state index is 0.0391. The minimum Gasteiger partial charge on any atom is -0.305 e. The van der Waals surface area contributed by atoms with E-state index in [1.54, 1.807) is 24.3 Å². The van der Waals surface area contributed by atoms with Crippen molar-refractivity contribution in [2.24, 2.45) is 0 Å². The molecule has 0 atom stereocenters. The fourth-order valence-electron chi connectivity index (χ4n) is 2.22. The number of aromatic amines is 1. The Labute approximate surface area is 139 Å². The van der Waals surface area contributed by atoms with Crippen LogP contribution in [0.25, 0.3) is 22.0 Å². The Morgan fingerprint density at radius 3 is 2.62 bits per heavy atom. The summed E-state index contributed by atoms with van der Waals surface area (Å²) in [5, 5.41) is 0.446. The lowest BCUT2D eigenvalue weighted by atomic mass is 10.1. The Hall–Kier alpha value is -2.60. The van der Waals surface area contributed by atoms with Crippen LogP contribution in [0.3, 0.4) is 0 Å². The van der Waals surface area contributed by atoms with Crippen molar-refractivity contribution in [3.63, 3.8) is 0 Å². The lowest BCUT2D eigenvalue weighted by Crippen LogP contribution is -2.10. The predicted molar refractivity (Wildman–Crippen MR) is 87.5 cm³/mol. The standard InChI is InChI=1S/C17H10ClF3N2O/c18-13(9-10-4-3-5-11(8-10)17(19,20)21)15-22-14-7-2-1-6-12(14)16(24)23-15/h1-9H,(H,22,23,24)/b13-9-. The van der Waals surface area contributed by atoms with E-state index in [1.807, 2.05) is 0 Å². The molecular weight excluding hydrogens is 341 g/mol. The van der Waals surface area contributed by atoms with Crippen molar-refractivity contribution in [3.05, 3.63) is 75.8 Å². The lowest BCUT2D eigenvalue weighted by Gasteiger charge is -2.07. The number of nitrogens with one attached hydrogen (secondary N) is 1. The van der Waals surface area contributed by atoms with Gasteiger partial charge in [0.2, 0.25) is 0 Å². The Kier molecular flexibility index (Phi) is 4.15. The van der Waals surface area contributed by atoms with E-state index in [0.717, 1.165) is 12.1 Å². The molecule has 0 saturated heterocycles. The number of para-hydroxylation sites is 1. The van der Waals surface area contributed by atoms with Gasteiger partial charge in [0.05, 0.1) is 21.5 Å². The average molecular weight is 351 g/mol. The van der Waals surface area contributed by atoms with E-state index in [2.05, 4.69) is 9.97 Å². The number of hydrogen-bond acceptors (Lipinski definition) is 2. The first-order valence-electron chi connectivity index (χ1n) is 6.88. The summed E-state index contributed by atoms with van der Waals surface area (Å²) in [7, 11) is 0. The Morgan fingerprint density at radius 2 is 1.88 bits per heavy atom. The molecule has 0 aliphatic carbocycles. The first-order valence-corrected chi connectivity index (χ1v) is 7.26. The number of benzene rings is 2. The normalized spacial score (nSPS) is 12.6. The molecule has 0 spiro atoms. The summed E-state index contributed by atoms with van der Waals surface area (Å²) in [6.07, 6.45) is -3.12. The number of aromatic nitrogens is 2. The third-order valence-electron chi connectivity index (χ3n) is 3.35. The smallest absolute Gasteiger partial charge is 0.305 e. The molecule has 0 amide bonds. The summed E-state index contributed by atoms with van der Waals surface area (Å²) in [6, 6.07) is 11.4. The van der Waals surface area contributed by atoms with Crippen LogP contribution in [0.1, 0.15) is 17.0 Å². The second-order valence-corrected chi connectivity index (χ2v) is 5.45. The van der Waals surface area contributed by atoms with Crippen LogP contribution in [0.2, 0.25) is 0 Å². The van der Waals surface area contributed by atoms with Gasteiger partial charge in [0.1, 0.15) is 0 Å². The van der Waals surface area contributed by atoms with E-state index in [9.17, 15) is 18.0 Å². The quantitative estimate of drug-likeness (QED) is 0.729. The van der Waals surface area contributed by atoms with Crippen molar-refractivity contribution in [2.45, 2.75) is 6.18 Å². The maximum absolute atomic E-state index is 12.7. The van der Waals surface area contributed by atoms with Crippen LogP contribution >= 0.6 is 11.6 Å². The maximum Gasteiger partial charge on any atom is 0.416 e. The molecule has 7 heteroatoms. The molecule has 1 N–H and O–H groups in total. The molecule has 1 heterocycles. The molecule has 0 aliphatic heterocycles. The second-order valence-electron chi connectivity index (χ2n) is 5.05. The van der Waals surface area contributed by atoms with Gasteiger partial charge < -0.3 is 4.98 Å². The van der Waals surface area contributed by atoms with Gasteiger partial charge in [-0.05, 0) is 35.9 Å². The van der Waals surface area contributed by atoms with Gasteiger partial charge in [0.15, 0.2) is 5.82 Å². The summed E-state index contributed by atoms with van der Waals surface area (Å²) >= 11 is 6.13. The highest BCUT2D eigenvalue weighted by atomic mass is 35.5. The van der Waals surface area contributed by atoms with Crippen molar-refractivity contribution in [3.8, 4) is 0 Å². The number of alkyl halides is 3. The van der Waals surface area contributed by atoms with E-state index in [1.165, 1.54) is 18.2 Å². The van der Waals surface area contributed by atoms with Crippen molar-refractivity contribution in [2.75, 3.05) is 0 Å². The van der Waals surface area contributed by atoms with Crippen molar-refractivity contribution >= 4 is 33.6 Å². The Morgan fingerprint density at radius 1 is 1.12 bits per heavy atom. The van der Waals surface area contributed by atoms with Crippen molar-refractivity contribution in [1.82, 2.24) is 9.97 Å². The van der Waals surface area contributed by atoms with Crippen LogP contribution in [0, 0.1) is 0 Å². The molecular formula is C17H10ClF3N2O. The monoisotopic (exact) mass is 350 g/mol. The highest BCUT2D eigenvalue weighted by Crippen LogP contribution is 2.30.